The molecule has 0 aromatic heterocycles. The highest BCUT2D eigenvalue weighted by atomic mass is 28.3. The first-order chi connectivity index (χ1) is 8.30. The Morgan fingerprint density at radius 1 is 1.41 bits per heavy atom. The lowest BCUT2D eigenvalue weighted by molar-refractivity contribution is 0.217. The topological polar surface area (TPSA) is 18.5 Å². The van der Waals surface area contributed by atoms with Crippen LogP contribution in [0.5, 0.6) is 0 Å². The summed E-state index contributed by atoms with van der Waals surface area (Å²) in [4.78, 5) is 0. The molecule has 0 fully saturated rings. The van der Waals surface area contributed by atoms with Crippen molar-refractivity contribution in [3.63, 3.8) is 0 Å². The van der Waals surface area contributed by atoms with E-state index in [0.717, 1.165) is 25.3 Å². The van der Waals surface area contributed by atoms with Gasteiger partial charge in [0, 0.05) is 13.7 Å². The monoisotopic (exact) mass is 250 g/mol. The van der Waals surface area contributed by atoms with Gasteiger partial charge in [-0.05, 0) is 23.6 Å². The standard InChI is InChI=1S/C14H22O2Si/c1-4-13-7-6-8-14(11-13)9-10-16-17(5-2)12-15-3/h4,6-8,11,17H,1,5,9-10,12H2,2-3H3. The van der Waals surface area contributed by atoms with E-state index < -0.39 is 9.04 Å². The van der Waals surface area contributed by atoms with Crippen LogP contribution in [-0.2, 0) is 15.6 Å². The first-order valence-corrected chi connectivity index (χ1v) is 8.22. The van der Waals surface area contributed by atoms with E-state index in [2.05, 4.69) is 37.8 Å². The second-order valence-corrected chi connectivity index (χ2v) is 6.78. The number of methoxy groups -OCH3 is 1. The quantitative estimate of drug-likeness (QED) is 0.661. The van der Waals surface area contributed by atoms with E-state index in [1.165, 1.54) is 11.1 Å². The fourth-order valence-electron chi connectivity index (χ4n) is 1.69. The maximum absolute atomic E-state index is 5.90. The summed E-state index contributed by atoms with van der Waals surface area (Å²) in [5.41, 5.74) is 2.48. The normalized spacial score (nSPS) is 12.4. The molecular formula is C14H22O2Si. The highest BCUT2D eigenvalue weighted by Gasteiger charge is 2.08. The zero-order valence-electron chi connectivity index (χ0n) is 10.8. The Labute approximate surface area is 106 Å². The molecule has 0 aliphatic heterocycles. The second kappa shape index (κ2) is 8.23. The van der Waals surface area contributed by atoms with Gasteiger partial charge in [-0.25, -0.2) is 0 Å². The molecule has 2 nitrogen and oxygen atoms in total. The van der Waals surface area contributed by atoms with Crippen molar-refractivity contribution in [2.45, 2.75) is 19.4 Å². The van der Waals surface area contributed by atoms with Crippen LogP contribution in [0.2, 0.25) is 6.04 Å². The van der Waals surface area contributed by atoms with Gasteiger partial charge in [0.2, 0.25) is 9.04 Å². The Kier molecular flexibility index (Phi) is 6.85. The Hall–Kier alpha value is -0.903. The zero-order valence-corrected chi connectivity index (χ0v) is 12.0. The Balaban J connectivity index is 2.36. The van der Waals surface area contributed by atoms with Gasteiger partial charge in [0.15, 0.2) is 0 Å². The maximum atomic E-state index is 5.90. The summed E-state index contributed by atoms with van der Waals surface area (Å²) in [6.07, 6.45) is 3.65. The minimum atomic E-state index is -1.12. The highest BCUT2D eigenvalue weighted by molar-refractivity contribution is 6.51. The fraction of sp³-hybridized carbons (Fsp3) is 0.429. The number of hydrogen-bond donors (Lipinski definition) is 0. The third-order valence-corrected chi connectivity index (χ3v) is 5.06. The highest BCUT2D eigenvalue weighted by Crippen LogP contribution is 2.07. The number of ether oxygens (including phenoxy) is 1. The molecular weight excluding hydrogens is 228 g/mol. The Morgan fingerprint density at radius 2 is 2.24 bits per heavy atom. The molecule has 0 spiro atoms. The largest absolute Gasteiger partial charge is 0.417 e. The van der Waals surface area contributed by atoms with Gasteiger partial charge in [-0.2, -0.15) is 0 Å². The molecule has 94 valence electrons. The molecule has 17 heavy (non-hydrogen) atoms. The van der Waals surface area contributed by atoms with Crippen molar-refractivity contribution >= 4 is 15.1 Å². The number of benzene rings is 1. The molecule has 1 aromatic rings. The molecule has 0 N–H and O–H groups in total. The van der Waals surface area contributed by atoms with Gasteiger partial charge in [0.25, 0.3) is 0 Å². The molecule has 1 unspecified atom stereocenters. The van der Waals surface area contributed by atoms with Crippen LogP contribution in [0.1, 0.15) is 18.1 Å². The molecule has 0 radical (unpaired) electrons. The predicted octanol–water partition coefficient (Wildman–Crippen LogP) is 2.82. The van der Waals surface area contributed by atoms with Gasteiger partial charge >= 0.3 is 0 Å². The molecule has 0 saturated carbocycles. The SMILES string of the molecule is C=Cc1cccc(CCO[SiH](CC)COC)c1. The lowest BCUT2D eigenvalue weighted by Gasteiger charge is -2.13. The van der Waals surface area contributed by atoms with Gasteiger partial charge in [0.1, 0.15) is 0 Å². The van der Waals surface area contributed by atoms with Crippen LogP contribution in [0.25, 0.3) is 6.08 Å². The molecule has 0 aliphatic rings. The van der Waals surface area contributed by atoms with Crippen LogP contribution in [0.15, 0.2) is 30.8 Å². The van der Waals surface area contributed by atoms with E-state index >= 15 is 0 Å². The van der Waals surface area contributed by atoms with Gasteiger partial charge in [-0.1, -0.05) is 43.8 Å². The van der Waals surface area contributed by atoms with Crippen molar-refractivity contribution in [1.29, 1.82) is 0 Å². The third-order valence-electron chi connectivity index (χ3n) is 2.74. The second-order valence-electron chi connectivity index (χ2n) is 4.06. The summed E-state index contributed by atoms with van der Waals surface area (Å²) in [7, 11) is 0.627. The van der Waals surface area contributed by atoms with Crippen molar-refractivity contribution in [3.8, 4) is 0 Å². The molecule has 0 amide bonds. The molecule has 0 saturated heterocycles. The third kappa shape index (κ3) is 5.30. The molecule has 3 heteroatoms. The van der Waals surface area contributed by atoms with E-state index in [0.29, 0.717) is 0 Å². The fourth-order valence-corrected chi connectivity index (χ4v) is 3.08. The van der Waals surface area contributed by atoms with Gasteiger partial charge in [-0.15, -0.1) is 0 Å². The number of hydrogen-bond acceptors (Lipinski definition) is 2. The van der Waals surface area contributed by atoms with E-state index in [-0.39, 0.29) is 0 Å². The first-order valence-electron chi connectivity index (χ1n) is 6.12. The van der Waals surface area contributed by atoms with Gasteiger partial charge in [-0.3, -0.25) is 0 Å². The average Bonchev–Trinajstić information content (AvgIpc) is 2.38. The summed E-state index contributed by atoms with van der Waals surface area (Å²) in [6, 6.07) is 9.55. The van der Waals surface area contributed by atoms with E-state index in [1.54, 1.807) is 7.11 Å². The zero-order chi connectivity index (χ0) is 12.5. The number of rotatable bonds is 8. The summed E-state index contributed by atoms with van der Waals surface area (Å²) < 4.78 is 11.1. The average molecular weight is 250 g/mol. The summed E-state index contributed by atoms with van der Waals surface area (Å²) in [5, 5.41) is 0. The minimum Gasteiger partial charge on any atom is -0.417 e. The minimum absolute atomic E-state index is 0.800. The van der Waals surface area contributed by atoms with Crippen molar-refractivity contribution in [3.05, 3.63) is 42.0 Å². The van der Waals surface area contributed by atoms with Crippen LogP contribution < -0.4 is 0 Å². The molecule has 0 heterocycles. The lowest BCUT2D eigenvalue weighted by Crippen LogP contribution is -2.24. The van der Waals surface area contributed by atoms with Crippen LogP contribution in [0, 0.1) is 0 Å². The smallest absolute Gasteiger partial charge is 0.201 e. The molecule has 1 atom stereocenters. The molecule has 0 aliphatic carbocycles. The Morgan fingerprint density at radius 3 is 2.88 bits per heavy atom. The van der Waals surface area contributed by atoms with E-state index in [1.807, 2.05) is 6.08 Å². The molecule has 0 bridgehead atoms. The summed E-state index contributed by atoms with van der Waals surface area (Å²) >= 11 is 0. The van der Waals surface area contributed by atoms with Crippen LogP contribution in [0.4, 0.5) is 0 Å². The Bertz CT molecular complexity index is 339. The summed E-state index contributed by atoms with van der Waals surface area (Å²) in [5.74, 6) is 0. The van der Waals surface area contributed by atoms with E-state index in [9.17, 15) is 0 Å². The van der Waals surface area contributed by atoms with Crippen molar-refractivity contribution < 1.29 is 9.16 Å². The maximum Gasteiger partial charge on any atom is 0.201 e. The van der Waals surface area contributed by atoms with Crippen molar-refractivity contribution in [2.24, 2.45) is 0 Å². The van der Waals surface area contributed by atoms with Crippen LogP contribution >= 0.6 is 0 Å². The van der Waals surface area contributed by atoms with Crippen molar-refractivity contribution in [1.82, 2.24) is 0 Å². The van der Waals surface area contributed by atoms with E-state index in [4.69, 9.17) is 9.16 Å². The predicted molar refractivity (Wildman–Crippen MR) is 75.7 cm³/mol. The van der Waals surface area contributed by atoms with Crippen LogP contribution in [0.3, 0.4) is 0 Å². The lowest BCUT2D eigenvalue weighted by atomic mass is 10.1. The van der Waals surface area contributed by atoms with Crippen molar-refractivity contribution in [2.75, 3.05) is 19.9 Å². The van der Waals surface area contributed by atoms with Gasteiger partial charge in [0.05, 0.1) is 6.23 Å². The molecule has 1 aromatic carbocycles. The summed E-state index contributed by atoms with van der Waals surface area (Å²) in [6.45, 7) is 6.75. The van der Waals surface area contributed by atoms with Crippen LogP contribution in [-0.4, -0.2) is 29.0 Å². The first kappa shape index (κ1) is 14.2. The van der Waals surface area contributed by atoms with Gasteiger partial charge < -0.3 is 9.16 Å². The molecule has 1 rings (SSSR count).